The number of allylic oxidation sites excluding steroid dienone is 5. The van der Waals surface area contributed by atoms with Crippen LogP contribution in [0.4, 0.5) is 4.39 Å². The van der Waals surface area contributed by atoms with E-state index in [-0.39, 0.29) is 36.4 Å². The summed E-state index contributed by atoms with van der Waals surface area (Å²) in [5.41, 5.74) is 1.73. The number of hydrogen-bond acceptors (Lipinski definition) is 4. The highest BCUT2D eigenvalue weighted by Gasteiger charge is 2.53. The van der Waals surface area contributed by atoms with Crippen LogP contribution in [0, 0.1) is 5.92 Å². The third kappa shape index (κ3) is 3.75. The number of likely N-dealkylation sites (N-methyl/N-ethyl adjacent to an activating group) is 1. The van der Waals surface area contributed by atoms with Crippen molar-refractivity contribution in [2.24, 2.45) is 5.92 Å². The van der Waals surface area contributed by atoms with Gasteiger partial charge in [0.05, 0.1) is 17.4 Å². The lowest BCUT2D eigenvalue weighted by Gasteiger charge is -2.33. The zero-order chi connectivity index (χ0) is 23.2. The van der Waals surface area contributed by atoms with Gasteiger partial charge in [-0.25, -0.2) is 4.39 Å². The highest BCUT2D eigenvalue weighted by Crippen LogP contribution is 2.52. The number of ether oxygens (including phenoxy) is 2. The lowest BCUT2D eigenvalue weighted by molar-refractivity contribution is -0.134. The molecule has 0 unspecified atom stereocenters. The van der Waals surface area contributed by atoms with Gasteiger partial charge < -0.3 is 19.7 Å². The molecule has 2 amide bonds. The van der Waals surface area contributed by atoms with Gasteiger partial charge in [0.25, 0.3) is 0 Å². The lowest BCUT2D eigenvalue weighted by atomic mass is 9.84. The van der Waals surface area contributed by atoms with Gasteiger partial charge in [0.2, 0.25) is 18.6 Å². The van der Waals surface area contributed by atoms with E-state index in [9.17, 15) is 14.0 Å². The van der Waals surface area contributed by atoms with Gasteiger partial charge in [-0.3, -0.25) is 9.59 Å². The standard InChI is InChI=1S/C26H27FN2O4/c1-28-24(30)17-5-3-4-16(12-17)20-14-19(7-8-21(20)27)29(2)25(31)26(10-11-26)18-6-9-22-23(13-18)33-15-32-22/h3-9,13,17,19H,10-12,14-15H2,1-2H3,(H,28,30)/t17-,19+/m0/s1. The topological polar surface area (TPSA) is 67.9 Å². The Morgan fingerprint density at radius 1 is 1.15 bits per heavy atom. The maximum atomic E-state index is 14.8. The number of hydrogen-bond donors (Lipinski definition) is 1. The third-order valence-electron chi connectivity index (χ3n) is 7.12. The van der Waals surface area contributed by atoms with Crippen LogP contribution in [0.5, 0.6) is 11.5 Å². The molecular weight excluding hydrogens is 423 g/mol. The predicted molar refractivity (Wildman–Crippen MR) is 121 cm³/mol. The average molecular weight is 451 g/mol. The SMILES string of the molecule is CNC(=O)[C@H]1C=CC=C(C2=C(F)C=C[C@@H](N(C)C(=O)C3(c4ccc5c(c4)OCO5)CC3)C2)C1. The second-order valence-electron chi connectivity index (χ2n) is 9.02. The molecule has 1 N–H and O–H groups in total. The summed E-state index contributed by atoms with van der Waals surface area (Å²) < 4.78 is 25.7. The maximum absolute atomic E-state index is 14.8. The molecule has 33 heavy (non-hydrogen) atoms. The van der Waals surface area contributed by atoms with Crippen LogP contribution >= 0.6 is 0 Å². The molecule has 0 radical (unpaired) electrons. The number of benzene rings is 1. The van der Waals surface area contributed by atoms with Gasteiger partial charge in [0.15, 0.2) is 11.5 Å². The number of nitrogens with one attached hydrogen (secondary N) is 1. The van der Waals surface area contributed by atoms with Crippen molar-refractivity contribution in [3.05, 3.63) is 71.1 Å². The molecule has 5 rings (SSSR count). The minimum absolute atomic E-state index is 0.0263. The molecule has 172 valence electrons. The summed E-state index contributed by atoms with van der Waals surface area (Å²) >= 11 is 0. The Labute approximate surface area is 192 Å². The first kappa shape index (κ1) is 21.5. The molecule has 1 heterocycles. The predicted octanol–water partition coefficient (Wildman–Crippen LogP) is 3.71. The van der Waals surface area contributed by atoms with Gasteiger partial charge in [-0.05, 0) is 60.6 Å². The number of halogens is 1. The molecule has 1 aromatic rings. The summed E-state index contributed by atoms with van der Waals surface area (Å²) in [5, 5.41) is 2.66. The monoisotopic (exact) mass is 450 g/mol. The Bertz CT molecular complexity index is 1130. The molecule has 4 aliphatic rings. The quantitative estimate of drug-likeness (QED) is 0.743. The fourth-order valence-corrected chi connectivity index (χ4v) is 4.92. The van der Waals surface area contributed by atoms with E-state index in [0.29, 0.717) is 29.9 Å². The number of rotatable bonds is 5. The van der Waals surface area contributed by atoms with Gasteiger partial charge in [-0.1, -0.05) is 30.4 Å². The molecule has 3 aliphatic carbocycles. The molecule has 0 aromatic heterocycles. The summed E-state index contributed by atoms with van der Waals surface area (Å²) in [6, 6.07) is 5.43. The van der Waals surface area contributed by atoms with Crippen molar-refractivity contribution in [2.75, 3.05) is 20.9 Å². The number of carbonyl (C=O) groups is 2. The molecule has 0 spiro atoms. The Kier molecular flexibility index (Phi) is 5.35. The summed E-state index contributed by atoms with van der Waals surface area (Å²) in [6.45, 7) is 0.193. The molecule has 0 bridgehead atoms. The zero-order valence-electron chi connectivity index (χ0n) is 18.8. The Balaban J connectivity index is 1.33. The molecule has 6 nitrogen and oxygen atoms in total. The van der Waals surface area contributed by atoms with Crippen molar-refractivity contribution in [3.63, 3.8) is 0 Å². The second kappa shape index (κ2) is 8.21. The maximum Gasteiger partial charge on any atom is 0.233 e. The van der Waals surface area contributed by atoms with E-state index in [4.69, 9.17) is 9.47 Å². The Hall–Kier alpha value is -3.35. The van der Waals surface area contributed by atoms with Crippen molar-refractivity contribution in [3.8, 4) is 11.5 Å². The first-order chi connectivity index (χ1) is 15.9. The van der Waals surface area contributed by atoms with Crippen molar-refractivity contribution in [1.29, 1.82) is 0 Å². The first-order valence-electron chi connectivity index (χ1n) is 11.3. The molecule has 2 atom stereocenters. The molecule has 1 aliphatic heterocycles. The smallest absolute Gasteiger partial charge is 0.233 e. The van der Waals surface area contributed by atoms with E-state index in [0.717, 1.165) is 24.0 Å². The highest BCUT2D eigenvalue weighted by atomic mass is 19.1. The van der Waals surface area contributed by atoms with Crippen molar-refractivity contribution in [1.82, 2.24) is 10.2 Å². The summed E-state index contributed by atoms with van der Waals surface area (Å²) in [5.74, 6) is 0.676. The van der Waals surface area contributed by atoms with Crippen LogP contribution in [0.15, 0.2) is 65.6 Å². The number of fused-ring (bicyclic) bond motifs is 1. The molecule has 1 saturated carbocycles. The molecule has 1 aromatic carbocycles. The highest BCUT2D eigenvalue weighted by molar-refractivity contribution is 5.92. The number of amides is 2. The molecular formula is C26H27FN2O4. The van der Waals surface area contributed by atoms with E-state index in [2.05, 4.69) is 5.32 Å². The van der Waals surface area contributed by atoms with Crippen LogP contribution in [0.1, 0.15) is 31.2 Å². The van der Waals surface area contributed by atoms with E-state index < -0.39 is 5.41 Å². The van der Waals surface area contributed by atoms with Crippen LogP contribution in [-0.4, -0.2) is 43.6 Å². The Morgan fingerprint density at radius 2 is 1.94 bits per heavy atom. The largest absolute Gasteiger partial charge is 0.454 e. The average Bonchev–Trinajstić information content (AvgIpc) is 3.53. The fourth-order valence-electron chi connectivity index (χ4n) is 4.92. The van der Waals surface area contributed by atoms with Crippen molar-refractivity contribution >= 4 is 11.8 Å². The minimum Gasteiger partial charge on any atom is -0.454 e. The van der Waals surface area contributed by atoms with Crippen LogP contribution < -0.4 is 14.8 Å². The van der Waals surface area contributed by atoms with Crippen LogP contribution in [0.25, 0.3) is 0 Å². The minimum atomic E-state index is -0.569. The normalized spacial score (nSPS) is 24.4. The van der Waals surface area contributed by atoms with Crippen molar-refractivity contribution in [2.45, 2.75) is 37.1 Å². The van der Waals surface area contributed by atoms with Crippen LogP contribution in [0.3, 0.4) is 0 Å². The summed E-state index contributed by atoms with van der Waals surface area (Å²) in [6.07, 6.45) is 11.1. The number of nitrogens with zero attached hydrogens (tertiary/aromatic N) is 1. The second-order valence-corrected chi connectivity index (χ2v) is 9.02. The Morgan fingerprint density at radius 3 is 2.70 bits per heavy atom. The molecule has 1 fully saturated rings. The molecule has 0 saturated heterocycles. The van der Waals surface area contributed by atoms with Crippen LogP contribution in [0.2, 0.25) is 0 Å². The van der Waals surface area contributed by atoms with Crippen LogP contribution in [-0.2, 0) is 15.0 Å². The number of carbonyl (C=O) groups excluding carboxylic acids is 2. The van der Waals surface area contributed by atoms with Gasteiger partial charge >= 0.3 is 0 Å². The summed E-state index contributed by atoms with van der Waals surface area (Å²) in [4.78, 5) is 27.4. The van der Waals surface area contributed by atoms with E-state index >= 15 is 0 Å². The first-order valence-corrected chi connectivity index (χ1v) is 11.3. The zero-order valence-corrected chi connectivity index (χ0v) is 18.8. The third-order valence-corrected chi connectivity index (χ3v) is 7.12. The van der Waals surface area contributed by atoms with Crippen molar-refractivity contribution < 1.29 is 23.5 Å². The van der Waals surface area contributed by atoms with E-state index in [1.165, 1.54) is 6.08 Å². The van der Waals surface area contributed by atoms with E-state index in [1.807, 2.05) is 30.4 Å². The van der Waals surface area contributed by atoms with Gasteiger partial charge in [-0.2, -0.15) is 0 Å². The lowest BCUT2D eigenvalue weighted by Crippen LogP contribution is -2.43. The summed E-state index contributed by atoms with van der Waals surface area (Å²) in [7, 11) is 3.38. The fraction of sp³-hybridized carbons (Fsp3) is 0.385. The van der Waals surface area contributed by atoms with Gasteiger partial charge in [0.1, 0.15) is 5.83 Å². The van der Waals surface area contributed by atoms with E-state index in [1.54, 1.807) is 31.1 Å². The van der Waals surface area contributed by atoms with Gasteiger partial charge in [0, 0.05) is 14.1 Å². The van der Waals surface area contributed by atoms with Gasteiger partial charge in [-0.15, -0.1) is 0 Å². The molecule has 7 heteroatoms.